The quantitative estimate of drug-likeness (QED) is 0.621. The summed E-state index contributed by atoms with van der Waals surface area (Å²) in [5.41, 5.74) is 1.18. The van der Waals surface area contributed by atoms with Crippen molar-refractivity contribution in [1.29, 1.82) is 0 Å². The molecule has 21 heavy (non-hydrogen) atoms. The largest absolute Gasteiger partial charge is 0.352 e. The second kappa shape index (κ2) is 7.46. The minimum atomic E-state index is -0.795. The van der Waals surface area contributed by atoms with Crippen LogP contribution in [0.5, 0.6) is 0 Å². The Morgan fingerprint density at radius 2 is 1.90 bits per heavy atom. The molecule has 0 saturated carbocycles. The number of benzene rings is 2. The standard InChI is InChI=1S/C16H15Cl2NO2/c1-2-21-16(15(20)11-6-4-3-5-7-11)19-14-9-8-12(17)10-13(14)18/h3-10,16,19H,2H2,1H3/t16-/m0/s1. The first kappa shape index (κ1) is 15.8. The Labute approximate surface area is 133 Å². The summed E-state index contributed by atoms with van der Waals surface area (Å²) in [4.78, 5) is 12.5. The molecule has 0 aliphatic carbocycles. The van der Waals surface area contributed by atoms with Crippen LogP contribution in [-0.4, -0.2) is 18.6 Å². The normalized spacial score (nSPS) is 12.0. The maximum Gasteiger partial charge on any atom is 0.212 e. The van der Waals surface area contributed by atoms with E-state index in [1.54, 1.807) is 30.3 Å². The highest BCUT2D eigenvalue weighted by Crippen LogP contribution is 2.26. The summed E-state index contributed by atoms with van der Waals surface area (Å²) < 4.78 is 5.50. The fraction of sp³-hybridized carbons (Fsp3) is 0.188. The first-order valence-corrected chi connectivity index (χ1v) is 7.30. The zero-order valence-corrected chi connectivity index (χ0v) is 13.0. The van der Waals surface area contributed by atoms with Crippen LogP contribution >= 0.6 is 23.2 Å². The molecule has 0 bridgehead atoms. The number of carbonyl (C=O) groups excluding carboxylic acids is 1. The maximum absolute atomic E-state index is 12.5. The van der Waals surface area contributed by atoms with Gasteiger partial charge in [-0.25, -0.2) is 0 Å². The van der Waals surface area contributed by atoms with Crippen molar-refractivity contribution in [2.45, 2.75) is 13.2 Å². The van der Waals surface area contributed by atoms with Gasteiger partial charge in [0.1, 0.15) is 0 Å². The number of nitrogens with one attached hydrogen (secondary N) is 1. The lowest BCUT2D eigenvalue weighted by Gasteiger charge is -2.19. The van der Waals surface area contributed by atoms with E-state index < -0.39 is 6.23 Å². The zero-order chi connectivity index (χ0) is 15.2. The number of ketones is 1. The molecule has 0 heterocycles. The average molecular weight is 324 g/mol. The molecule has 0 aliphatic heterocycles. The molecule has 0 aromatic heterocycles. The van der Waals surface area contributed by atoms with E-state index in [1.807, 2.05) is 25.1 Å². The fourth-order valence-electron chi connectivity index (χ4n) is 1.85. The number of Topliss-reactive ketones (excluding diaryl/α,β-unsaturated/α-hetero) is 1. The summed E-state index contributed by atoms with van der Waals surface area (Å²) in [6.07, 6.45) is -0.795. The predicted molar refractivity (Wildman–Crippen MR) is 86.3 cm³/mol. The number of hydrogen-bond donors (Lipinski definition) is 1. The molecule has 2 aromatic rings. The van der Waals surface area contributed by atoms with Crippen molar-refractivity contribution in [1.82, 2.24) is 0 Å². The minimum absolute atomic E-state index is 0.150. The molecule has 2 rings (SSSR count). The summed E-state index contributed by atoms with van der Waals surface area (Å²) in [6, 6.07) is 14.0. The van der Waals surface area contributed by atoms with Gasteiger partial charge in [-0.3, -0.25) is 4.79 Å². The molecule has 1 N–H and O–H groups in total. The lowest BCUT2D eigenvalue weighted by molar-refractivity contribution is 0.0550. The van der Waals surface area contributed by atoms with Crippen LogP contribution < -0.4 is 5.32 Å². The Balaban J connectivity index is 2.21. The van der Waals surface area contributed by atoms with Gasteiger partial charge in [-0.1, -0.05) is 53.5 Å². The first-order valence-electron chi connectivity index (χ1n) is 6.54. The van der Waals surface area contributed by atoms with Crippen LogP contribution in [0.1, 0.15) is 17.3 Å². The molecular formula is C16H15Cl2NO2. The monoisotopic (exact) mass is 323 g/mol. The second-order valence-electron chi connectivity index (χ2n) is 4.33. The van der Waals surface area contributed by atoms with E-state index in [0.717, 1.165) is 0 Å². The van der Waals surface area contributed by atoms with Gasteiger partial charge in [0.25, 0.3) is 0 Å². The summed E-state index contributed by atoms with van der Waals surface area (Å²) in [5.74, 6) is -0.150. The van der Waals surface area contributed by atoms with Crippen LogP contribution in [0, 0.1) is 0 Å². The third-order valence-corrected chi connectivity index (χ3v) is 3.40. The maximum atomic E-state index is 12.5. The van der Waals surface area contributed by atoms with E-state index in [2.05, 4.69) is 5.32 Å². The second-order valence-corrected chi connectivity index (χ2v) is 5.18. The highest BCUT2D eigenvalue weighted by atomic mass is 35.5. The molecule has 0 amide bonds. The molecular weight excluding hydrogens is 309 g/mol. The van der Waals surface area contributed by atoms with Crippen molar-refractivity contribution in [2.24, 2.45) is 0 Å². The van der Waals surface area contributed by atoms with Crippen molar-refractivity contribution in [3.05, 3.63) is 64.1 Å². The lowest BCUT2D eigenvalue weighted by Crippen LogP contribution is -2.32. The molecule has 0 unspecified atom stereocenters. The number of anilines is 1. The third-order valence-electron chi connectivity index (χ3n) is 2.85. The van der Waals surface area contributed by atoms with Gasteiger partial charge in [0.2, 0.25) is 5.78 Å². The van der Waals surface area contributed by atoms with Gasteiger partial charge < -0.3 is 10.1 Å². The molecule has 3 nitrogen and oxygen atoms in total. The van der Waals surface area contributed by atoms with Crippen molar-refractivity contribution in [3.8, 4) is 0 Å². The van der Waals surface area contributed by atoms with E-state index >= 15 is 0 Å². The molecule has 5 heteroatoms. The number of halogens is 2. The zero-order valence-electron chi connectivity index (χ0n) is 11.5. The Bertz CT molecular complexity index is 617. The van der Waals surface area contributed by atoms with E-state index in [0.29, 0.717) is 27.9 Å². The predicted octanol–water partition coefficient (Wildman–Crippen LogP) is 4.65. The fourth-order valence-corrected chi connectivity index (χ4v) is 2.31. The number of hydrogen-bond acceptors (Lipinski definition) is 3. The van der Waals surface area contributed by atoms with Gasteiger partial charge in [0.15, 0.2) is 6.23 Å². The van der Waals surface area contributed by atoms with Crippen LogP contribution in [0.4, 0.5) is 5.69 Å². The minimum Gasteiger partial charge on any atom is -0.352 e. The van der Waals surface area contributed by atoms with Crippen LogP contribution in [0.25, 0.3) is 0 Å². The van der Waals surface area contributed by atoms with Gasteiger partial charge in [0.05, 0.1) is 10.7 Å². The first-order chi connectivity index (χ1) is 10.1. The van der Waals surface area contributed by atoms with Crippen LogP contribution in [0.2, 0.25) is 10.0 Å². The van der Waals surface area contributed by atoms with Crippen molar-refractivity contribution in [3.63, 3.8) is 0 Å². The van der Waals surface area contributed by atoms with E-state index in [-0.39, 0.29) is 5.78 Å². The van der Waals surface area contributed by atoms with Gasteiger partial charge in [-0.05, 0) is 25.1 Å². The number of ether oxygens (including phenoxy) is 1. The third kappa shape index (κ3) is 4.21. The highest BCUT2D eigenvalue weighted by Gasteiger charge is 2.20. The van der Waals surface area contributed by atoms with Gasteiger partial charge in [-0.15, -0.1) is 0 Å². The molecule has 0 spiro atoms. The Hall–Kier alpha value is -1.55. The Kier molecular flexibility index (Phi) is 5.62. The number of carbonyl (C=O) groups is 1. The molecule has 0 saturated heterocycles. The molecule has 110 valence electrons. The average Bonchev–Trinajstić information content (AvgIpc) is 2.49. The van der Waals surface area contributed by atoms with Crippen LogP contribution in [-0.2, 0) is 4.74 Å². The van der Waals surface area contributed by atoms with Crippen LogP contribution in [0.3, 0.4) is 0 Å². The Morgan fingerprint density at radius 1 is 1.19 bits per heavy atom. The summed E-state index contributed by atoms with van der Waals surface area (Å²) in [5, 5.41) is 3.98. The molecule has 0 fully saturated rings. The summed E-state index contributed by atoms with van der Waals surface area (Å²) in [7, 11) is 0. The van der Waals surface area contributed by atoms with E-state index in [9.17, 15) is 4.79 Å². The lowest BCUT2D eigenvalue weighted by atomic mass is 10.1. The summed E-state index contributed by atoms with van der Waals surface area (Å²) in [6.45, 7) is 2.23. The van der Waals surface area contributed by atoms with Crippen molar-refractivity contribution >= 4 is 34.7 Å². The van der Waals surface area contributed by atoms with Crippen molar-refractivity contribution < 1.29 is 9.53 Å². The van der Waals surface area contributed by atoms with E-state index in [4.69, 9.17) is 27.9 Å². The van der Waals surface area contributed by atoms with Gasteiger partial charge >= 0.3 is 0 Å². The van der Waals surface area contributed by atoms with Crippen molar-refractivity contribution in [2.75, 3.05) is 11.9 Å². The summed E-state index contributed by atoms with van der Waals surface area (Å²) >= 11 is 12.0. The molecule has 1 atom stereocenters. The number of rotatable bonds is 6. The SMILES string of the molecule is CCO[C@H](Nc1ccc(Cl)cc1Cl)C(=O)c1ccccc1. The molecule has 2 aromatic carbocycles. The molecule has 0 radical (unpaired) electrons. The van der Waals surface area contributed by atoms with Gasteiger partial charge in [-0.2, -0.15) is 0 Å². The molecule has 0 aliphatic rings. The van der Waals surface area contributed by atoms with Gasteiger partial charge in [0, 0.05) is 17.2 Å². The van der Waals surface area contributed by atoms with Crippen LogP contribution in [0.15, 0.2) is 48.5 Å². The smallest absolute Gasteiger partial charge is 0.212 e. The van der Waals surface area contributed by atoms with E-state index in [1.165, 1.54) is 0 Å². The topological polar surface area (TPSA) is 38.3 Å². The Morgan fingerprint density at radius 3 is 2.52 bits per heavy atom. The highest BCUT2D eigenvalue weighted by molar-refractivity contribution is 6.36.